The molecule has 1 atom stereocenters. The van der Waals surface area contributed by atoms with E-state index in [1.54, 1.807) is 11.8 Å². The zero-order chi connectivity index (χ0) is 14.9. The Bertz CT molecular complexity index is 508. The topological polar surface area (TPSA) is 46.3 Å². The predicted octanol–water partition coefficient (Wildman–Crippen LogP) is 3.78. The number of hydrogen-bond donors (Lipinski definition) is 1. The minimum absolute atomic E-state index is 0.152. The van der Waals surface area contributed by atoms with Gasteiger partial charge in [0.2, 0.25) is 5.91 Å². The quantitative estimate of drug-likeness (QED) is 0.844. The molecular weight excluding hydrogens is 268 g/mol. The van der Waals surface area contributed by atoms with Crippen molar-refractivity contribution in [1.29, 1.82) is 0 Å². The van der Waals surface area contributed by atoms with Crippen LogP contribution in [-0.4, -0.2) is 18.2 Å². The number of carbonyl (C=O) groups is 1. The number of nitrogen functional groups attached to an aromatic ring is 1. The molecule has 0 aliphatic carbocycles. The van der Waals surface area contributed by atoms with E-state index in [4.69, 9.17) is 5.73 Å². The Hall–Kier alpha value is -1.16. The summed E-state index contributed by atoms with van der Waals surface area (Å²) in [4.78, 5) is 15.7. The molecule has 1 aromatic rings. The molecule has 110 valence electrons. The first-order valence-electron chi connectivity index (χ1n) is 7.11. The van der Waals surface area contributed by atoms with Gasteiger partial charge in [0.25, 0.3) is 0 Å². The highest BCUT2D eigenvalue weighted by atomic mass is 32.2. The number of nitrogens with two attached hydrogens (primary N) is 1. The summed E-state index contributed by atoms with van der Waals surface area (Å²) in [5.41, 5.74) is 7.71. The van der Waals surface area contributed by atoms with Crippen LogP contribution in [0.25, 0.3) is 0 Å². The lowest BCUT2D eigenvalue weighted by Crippen LogP contribution is -2.37. The molecule has 2 rings (SSSR count). The Morgan fingerprint density at radius 2 is 2.15 bits per heavy atom. The second-order valence-electron chi connectivity index (χ2n) is 6.59. The van der Waals surface area contributed by atoms with Gasteiger partial charge in [-0.05, 0) is 29.5 Å². The second-order valence-corrected chi connectivity index (χ2v) is 7.73. The lowest BCUT2D eigenvalue weighted by molar-refractivity contribution is -0.120. The number of anilines is 2. The summed E-state index contributed by atoms with van der Waals surface area (Å²) in [6.07, 6.45) is 0.586. The molecule has 0 saturated carbocycles. The zero-order valence-corrected chi connectivity index (χ0v) is 13.6. The lowest BCUT2D eigenvalue weighted by atomic mass is 9.80. The van der Waals surface area contributed by atoms with Crippen molar-refractivity contribution in [2.45, 2.75) is 39.0 Å². The van der Waals surface area contributed by atoms with Gasteiger partial charge in [-0.15, -0.1) is 11.8 Å². The number of hydrogen-bond acceptors (Lipinski definition) is 3. The van der Waals surface area contributed by atoms with Crippen LogP contribution >= 0.6 is 11.8 Å². The predicted molar refractivity (Wildman–Crippen MR) is 87.2 cm³/mol. The molecule has 0 spiro atoms. The molecule has 1 aliphatic heterocycles. The fourth-order valence-electron chi connectivity index (χ4n) is 2.17. The Labute approximate surface area is 125 Å². The maximum absolute atomic E-state index is 12.6. The molecule has 3 nitrogen and oxygen atoms in total. The number of benzene rings is 1. The van der Waals surface area contributed by atoms with Crippen molar-refractivity contribution in [2.75, 3.05) is 22.9 Å². The number of nitrogens with zero attached hydrogens (tertiary/aromatic N) is 1. The van der Waals surface area contributed by atoms with E-state index in [-0.39, 0.29) is 11.3 Å². The van der Waals surface area contributed by atoms with Crippen LogP contribution in [-0.2, 0) is 4.79 Å². The normalized spacial score (nSPS) is 16.7. The minimum atomic E-state index is 0.152. The molecule has 0 saturated heterocycles. The van der Waals surface area contributed by atoms with Crippen LogP contribution in [0.3, 0.4) is 0 Å². The van der Waals surface area contributed by atoms with E-state index in [0.29, 0.717) is 18.0 Å². The van der Waals surface area contributed by atoms with Crippen LogP contribution in [0.15, 0.2) is 23.1 Å². The molecule has 0 aromatic heterocycles. The van der Waals surface area contributed by atoms with Crippen LogP contribution in [0.1, 0.15) is 34.1 Å². The Morgan fingerprint density at radius 1 is 1.45 bits per heavy atom. The van der Waals surface area contributed by atoms with E-state index in [0.717, 1.165) is 22.9 Å². The summed E-state index contributed by atoms with van der Waals surface area (Å²) >= 11 is 1.79. The summed E-state index contributed by atoms with van der Waals surface area (Å²) in [5, 5.41) is 0. The van der Waals surface area contributed by atoms with E-state index in [2.05, 4.69) is 27.7 Å². The summed E-state index contributed by atoms with van der Waals surface area (Å²) in [7, 11) is 0. The largest absolute Gasteiger partial charge is 0.399 e. The van der Waals surface area contributed by atoms with Gasteiger partial charge in [-0.1, -0.05) is 27.7 Å². The van der Waals surface area contributed by atoms with Gasteiger partial charge < -0.3 is 10.6 Å². The van der Waals surface area contributed by atoms with Crippen LogP contribution in [0, 0.1) is 11.3 Å². The zero-order valence-electron chi connectivity index (χ0n) is 12.8. The van der Waals surface area contributed by atoms with Crippen molar-refractivity contribution >= 4 is 29.0 Å². The van der Waals surface area contributed by atoms with Gasteiger partial charge >= 0.3 is 0 Å². The third-order valence-electron chi connectivity index (χ3n) is 4.11. The summed E-state index contributed by atoms with van der Waals surface area (Å²) in [6.45, 7) is 9.47. The highest BCUT2D eigenvalue weighted by Gasteiger charge is 2.28. The molecule has 1 aliphatic rings. The average Bonchev–Trinajstić information content (AvgIpc) is 2.36. The van der Waals surface area contributed by atoms with E-state index >= 15 is 0 Å². The lowest BCUT2D eigenvalue weighted by Gasteiger charge is -2.33. The van der Waals surface area contributed by atoms with Crippen molar-refractivity contribution in [2.24, 2.45) is 11.3 Å². The SMILES string of the molecule is CC(CC(=O)N1CCSc2ccc(N)cc21)C(C)(C)C. The van der Waals surface area contributed by atoms with Crippen molar-refractivity contribution in [3.8, 4) is 0 Å². The number of amides is 1. The molecule has 1 aromatic carbocycles. The Kier molecular flexibility index (Phi) is 4.33. The second kappa shape index (κ2) is 5.68. The van der Waals surface area contributed by atoms with Gasteiger partial charge in [-0.2, -0.15) is 0 Å². The molecule has 4 heteroatoms. The number of rotatable bonds is 2. The average molecular weight is 292 g/mol. The summed E-state index contributed by atoms with van der Waals surface area (Å²) in [5.74, 6) is 1.51. The van der Waals surface area contributed by atoms with Crippen LogP contribution < -0.4 is 10.6 Å². The minimum Gasteiger partial charge on any atom is -0.399 e. The Morgan fingerprint density at radius 3 is 2.80 bits per heavy atom. The fourth-order valence-corrected chi connectivity index (χ4v) is 3.15. The van der Waals surface area contributed by atoms with Crippen LogP contribution in [0.5, 0.6) is 0 Å². The van der Waals surface area contributed by atoms with Crippen molar-refractivity contribution in [3.63, 3.8) is 0 Å². The maximum atomic E-state index is 12.6. The van der Waals surface area contributed by atoms with E-state index in [9.17, 15) is 4.79 Å². The molecule has 20 heavy (non-hydrogen) atoms. The highest BCUT2D eigenvalue weighted by molar-refractivity contribution is 7.99. The number of fused-ring (bicyclic) bond motifs is 1. The van der Waals surface area contributed by atoms with Crippen molar-refractivity contribution < 1.29 is 4.79 Å². The van der Waals surface area contributed by atoms with Gasteiger partial charge in [-0.3, -0.25) is 4.79 Å². The first kappa shape index (κ1) is 15.2. The van der Waals surface area contributed by atoms with Gasteiger partial charge in [-0.25, -0.2) is 0 Å². The standard InChI is InChI=1S/C16H24N2OS/c1-11(16(2,3)4)9-15(19)18-7-8-20-14-6-5-12(17)10-13(14)18/h5-6,10-11H,7-9,17H2,1-4H3. The fraction of sp³-hybridized carbons (Fsp3) is 0.562. The molecule has 0 bridgehead atoms. The van der Waals surface area contributed by atoms with E-state index < -0.39 is 0 Å². The first-order valence-corrected chi connectivity index (χ1v) is 8.10. The highest BCUT2D eigenvalue weighted by Crippen LogP contribution is 2.37. The smallest absolute Gasteiger partial charge is 0.227 e. The molecule has 1 heterocycles. The van der Waals surface area contributed by atoms with Crippen LogP contribution in [0.4, 0.5) is 11.4 Å². The van der Waals surface area contributed by atoms with Gasteiger partial charge in [0.05, 0.1) is 5.69 Å². The number of thioether (sulfide) groups is 1. The molecular formula is C16H24N2OS. The maximum Gasteiger partial charge on any atom is 0.227 e. The molecule has 1 amide bonds. The van der Waals surface area contributed by atoms with E-state index in [1.165, 1.54) is 0 Å². The van der Waals surface area contributed by atoms with Crippen molar-refractivity contribution in [1.82, 2.24) is 0 Å². The third-order valence-corrected chi connectivity index (χ3v) is 5.15. The summed E-state index contributed by atoms with van der Waals surface area (Å²) < 4.78 is 0. The summed E-state index contributed by atoms with van der Waals surface area (Å²) in [6, 6.07) is 5.83. The molecule has 0 radical (unpaired) electrons. The van der Waals surface area contributed by atoms with Crippen LogP contribution in [0.2, 0.25) is 0 Å². The van der Waals surface area contributed by atoms with E-state index in [1.807, 2.05) is 23.1 Å². The van der Waals surface area contributed by atoms with Gasteiger partial charge in [0.1, 0.15) is 0 Å². The molecule has 1 unspecified atom stereocenters. The van der Waals surface area contributed by atoms with Gasteiger partial charge in [0, 0.05) is 29.3 Å². The number of carbonyl (C=O) groups excluding carboxylic acids is 1. The van der Waals surface area contributed by atoms with Crippen molar-refractivity contribution in [3.05, 3.63) is 18.2 Å². The Balaban J connectivity index is 2.19. The monoisotopic (exact) mass is 292 g/mol. The third kappa shape index (κ3) is 3.29. The first-order chi connectivity index (χ1) is 9.29. The molecule has 2 N–H and O–H groups in total. The molecule has 0 fully saturated rings. The van der Waals surface area contributed by atoms with Gasteiger partial charge in [0.15, 0.2) is 0 Å².